The summed E-state index contributed by atoms with van der Waals surface area (Å²) in [7, 11) is 1.59. The quantitative estimate of drug-likeness (QED) is 0.346. The number of hydrogen-bond acceptors (Lipinski definition) is 7. The van der Waals surface area contributed by atoms with E-state index in [0.29, 0.717) is 17.7 Å². The minimum Gasteiger partial charge on any atom is -0.497 e. The molecule has 5 rings (SSSR count). The van der Waals surface area contributed by atoms with Crippen molar-refractivity contribution in [1.82, 2.24) is 29.5 Å². The molecule has 4 aromatic heterocycles. The Hall–Kier alpha value is -4.54. The molecule has 0 spiro atoms. The summed E-state index contributed by atoms with van der Waals surface area (Å²) in [5.41, 5.74) is 1.64. The standard InChI is InChI=1S/C24H18F3N7O/c1-35-15-7-5-14(6-8-15)12-34-13-29-20-23(31-17-9-10-28-11-16(17)25)32-22(33-24(20)34)19-4-2-3-18(30-19)21(26)27/h2-11,13,21H,12H2,1H3,(H,28,31,32,33). The number of aromatic nitrogens is 6. The van der Waals surface area contributed by atoms with Gasteiger partial charge in [-0.25, -0.2) is 33.1 Å². The molecule has 0 aliphatic heterocycles. The van der Waals surface area contributed by atoms with Crippen LogP contribution in [0, 0.1) is 5.82 Å². The summed E-state index contributed by atoms with van der Waals surface area (Å²) >= 11 is 0. The van der Waals surface area contributed by atoms with Gasteiger partial charge >= 0.3 is 0 Å². The average molecular weight is 477 g/mol. The predicted molar refractivity (Wildman–Crippen MR) is 123 cm³/mol. The molecule has 1 aromatic carbocycles. The molecule has 0 amide bonds. The highest BCUT2D eigenvalue weighted by atomic mass is 19.3. The molecular formula is C24H18F3N7O. The van der Waals surface area contributed by atoms with Crippen LogP contribution in [-0.4, -0.2) is 36.6 Å². The molecule has 11 heteroatoms. The van der Waals surface area contributed by atoms with Gasteiger partial charge < -0.3 is 14.6 Å². The summed E-state index contributed by atoms with van der Waals surface area (Å²) in [6.07, 6.45) is 1.34. The highest BCUT2D eigenvalue weighted by Crippen LogP contribution is 2.28. The van der Waals surface area contributed by atoms with Gasteiger partial charge in [-0.3, -0.25) is 4.98 Å². The Labute approximate surface area is 197 Å². The Morgan fingerprint density at radius 1 is 1.03 bits per heavy atom. The number of ether oxygens (including phenoxy) is 1. The molecule has 0 saturated carbocycles. The van der Waals surface area contributed by atoms with E-state index in [1.54, 1.807) is 18.0 Å². The van der Waals surface area contributed by atoms with Crippen molar-refractivity contribution < 1.29 is 17.9 Å². The maximum atomic E-state index is 14.3. The largest absolute Gasteiger partial charge is 0.497 e. The van der Waals surface area contributed by atoms with Crippen molar-refractivity contribution in [2.24, 2.45) is 0 Å². The molecule has 5 aromatic rings. The van der Waals surface area contributed by atoms with Crippen molar-refractivity contribution in [3.05, 3.63) is 84.3 Å². The lowest BCUT2D eigenvalue weighted by Crippen LogP contribution is -2.05. The van der Waals surface area contributed by atoms with Crippen molar-refractivity contribution >= 4 is 22.7 Å². The lowest BCUT2D eigenvalue weighted by molar-refractivity contribution is 0.146. The van der Waals surface area contributed by atoms with Gasteiger partial charge in [-0.1, -0.05) is 18.2 Å². The first-order valence-electron chi connectivity index (χ1n) is 10.5. The third-order valence-electron chi connectivity index (χ3n) is 5.22. The van der Waals surface area contributed by atoms with E-state index >= 15 is 0 Å². The van der Waals surface area contributed by atoms with Gasteiger partial charge in [0.05, 0.1) is 31.9 Å². The molecule has 0 atom stereocenters. The molecule has 8 nitrogen and oxygen atoms in total. The van der Waals surface area contributed by atoms with Crippen LogP contribution in [-0.2, 0) is 6.54 Å². The summed E-state index contributed by atoms with van der Waals surface area (Å²) in [6, 6.07) is 13.2. The second-order valence-corrected chi connectivity index (χ2v) is 7.52. The summed E-state index contributed by atoms with van der Waals surface area (Å²) in [5, 5.41) is 2.92. The molecule has 4 heterocycles. The van der Waals surface area contributed by atoms with E-state index in [1.165, 1.54) is 30.5 Å². The second kappa shape index (κ2) is 9.37. The zero-order chi connectivity index (χ0) is 24.4. The maximum absolute atomic E-state index is 14.3. The topological polar surface area (TPSA) is 90.6 Å². The highest BCUT2D eigenvalue weighted by Gasteiger charge is 2.18. The number of imidazole rings is 1. The third-order valence-corrected chi connectivity index (χ3v) is 5.22. The number of fused-ring (bicyclic) bond motifs is 1. The van der Waals surface area contributed by atoms with Crippen molar-refractivity contribution in [3.8, 4) is 17.3 Å². The van der Waals surface area contributed by atoms with Gasteiger partial charge in [-0.2, -0.15) is 0 Å². The van der Waals surface area contributed by atoms with Gasteiger partial charge in [-0.15, -0.1) is 0 Å². The van der Waals surface area contributed by atoms with E-state index in [9.17, 15) is 13.2 Å². The number of alkyl halides is 2. The Morgan fingerprint density at radius 3 is 2.60 bits per heavy atom. The molecular weight excluding hydrogens is 459 g/mol. The van der Waals surface area contributed by atoms with Crippen LogP contribution in [0.4, 0.5) is 24.7 Å². The number of benzene rings is 1. The summed E-state index contributed by atoms with van der Waals surface area (Å²) < 4.78 is 47.8. The van der Waals surface area contributed by atoms with Crippen LogP contribution in [0.1, 0.15) is 17.7 Å². The molecule has 0 unspecified atom stereocenters. The summed E-state index contributed by atoms with van der Waals surface area (Å²) in [5.74, 6) is 0.433. The monoisotopic (exact) mass is 477 g/mol. The van der Waals surface area contributed by atoms with Crippen LogP contribution < -0.4 is 10.1 Å². The highest BCUT2D eigenvalue weighted by molar-refractivity contribution is 5.87. The van der Waals surface area contributed by atoms with Gasteiger partial charge in [0, 0.05) is 6.20 Å². The number of pyridine rings is 2. The van der Waals surface area contributed by atoms with Gasteiger partial charge in [0.1, 0.15) is 17.1 Å². The molecule has 176 valence electrons. The van der Waals surface area contributed by atoms with E-state index in [2.05, 4.69) is 30.2 Å². The Kier molecular flexibility index (Phi) is 5.96. The predicted octanol–water partition coefficient (Wildman–Crippen LogP) is 5.16. The molecule has 0 saturated heterocycles. The average Bonchev–Trinajstić information content (AvgIpc) is 3.28. The number of anilines is 2. The van der Waals surface area contributed by atoms with Crippen molar-refractivity contribution in [3.63, 3.8) is 0 Å². The van der Waals surface area contributed by atoms with E-state index in [4.69, 9.17) is 4.74 Å². The van der Waals surface area contributed by atoms with Crippen LogP contribution in [0.15, 0.2) is 67.3 Å². The molecule has 0 radical (unpaired) electrons. The van der Waals surface area contributed by atoms with E-state index in [0.717, 1.165) is 17.5 Å². The number of nitrogens with one attached hydrogen (secondary N) is 1. The first-order chi connectivity index (χ1) is 17.0. The SMILES string of the molecule is COc1ccc(Cn2cnc3c(Nc4ccncc4F)nc(-c4cccc(C(F)F)n4)nc32)cc1. The third kappa shape index (κ3) is 4.60. The van der Waals surface area contributed by atoms with Crippen LogP contribution in [0.3, 0.4) is 0 Å². The second-order valence-electron chi connectivity index (χ2n) is 7.52. The fraction of sp³-hybridized carbons (Fsp3) is 0.125. The lowest BCUT2D eigenvalue weighted by atomic mass is 10.2. The van der Waals surface area contributed by atoms with Crippen LogP contribution >= 0.6 is 0 Å². The Morgan fingerprint density at radius 2 is 1.86 bits per heavy atom. The van der Waals surface area contributed by atoms with E-state index < -0.39 is 17.9 Å². The van der Waals surface area contributed by atoms with Gasteiger partial charge in [-0.05, 0) is 35.9 Å². The molecule has 1 N–H and O–H groups in total. The Balaban J connectivity index is 1.62. The summed E-state index contributed by atoms with van der Waals surface area (Å²) in [6.45, 7) is 0.421. The number of rotatable bonds is 7. The smallest absolute Gasteiger partial charge is 0.280 e. The fourth-order valence-electron chi connectivity index (χ4n) is 3.49. The van der Waals surface area contributed by atoms with Gasteiger partial charge in [0.2, 0.25) is 0 Å². The zero-order valence-electron chi connectivity index (χ0n) is 18.4. The van der Waals surface area contributed by atoms with Crippen molar-refractivity contribution in [2.45, 2.75) is 13.0 Å². The van der Waals surface area contributed by atoms with Crippen molar-refractivity contribution in [1.29, 1.82) is 0 Å². The van der Waals surface area contributed by atoms with Gasteiger partial charge in [0.15, 0.2) is 28.6 Å². The van der Waals surface area contributed by atoms with E-state index in [-0.39, 0.29) is 23.0 Å². The van der Waals surface area contributed by atoms with Crippen LogP contribution in [0.25, 0.3) is 22.7 Å². The number of halogens is 3. The number of methoxy groups -OCH3 is 1. The molecule has 35 heavy (non-hydrogen) atoms. The van der Waals surface area contributed by atoms with Crippen LogP contribution in [0.5, 0.6) is 5.75 Å². The van der Waals surface area contributed by atoms with Crippen molar-refractivity contribution in [2.75, 3.05) is 12.4 Å². The molecule has 0 aliphatic rings. The van der Waals surface area contributed by atoms with Gasteiger partial charge in [0.25, 0.3) is 6.43 Å². The molecule has 0 bridgehead atoms. The minimum atomic E-state index is -2.75. The summed E-state index contributed by atoms with van der Waals surface area (Å²) in [4.78, 5) is 21.2. The lowest BCUT2D eigenvalue weighted by Gasteiger charge is -2.11. The number of hydrogen-bond donors (Lipinski definition) is 1. The minimum absolute atomic E-state index is 0.0912. The molecule has 0 fully saturated rings. The first kappa shape index (κ1) is 22.3. The Bertz CT molecular complexity index is 1490. The molecule has 0 aliphatic carbocycles. The van der Waals surface area contributed by atoms with E-state index in [1.807, 2.05) is 24.3 Å². The fourth-order valence-corrected chi connectivity index (χ4v) is 3.49. The normalized spacial score (nSPS) is 11.2. The zero-order valence-corrected chi connectivity index (χ0v) is 18.4. The van der Waals surface area contributed by atoms with Crippen LogP contribution in [0.2, 0.25) is 0 Å². The number of nitrogens with zero attached hydrogens (tertiary/aromatic N) is 6. The maximum Gasteiger partial charge on any atom is 0.280 e. The first-order valence-corrected chi connectivity index (χ1v) is 10.5.